The van der Waals surface area contributed by atoms with E-state index in [2.05, 4.69) is 19.2 Å². The number of carboxylic acid groups (broad SMARTS) is 1. The van der Waals surface area contributed by atoms with Crippen LogP contribution >= 0.6 is 11.8 Å². The van der Waals surface area contributed by atoms with Crippen molar-refractivity contribution in [3.8, 4) is 0 Å². The minimum Gasteiger partial charge on any atom is -0.480 e. The molecular formula is C14H24N2O3S. The van der Waals surface area contributed by atoms with Crippen molar-refractivity contribution in [2.45, 2.75) is 43.9 Å². The molecule has 1 saturated heterocycles. The Bertz CT molecular complexity index is 400. The predicted molar refractivity (Wildman–Crippen MR) is 80.0 cm³/mol. The molecule has 0 radical (unpaired) electrons. The third-order valence-electron chi connectivity index (χ3n) is 4.62. The number of nitrogens with one attached hydrogen (secondary N) is 1. The summed E-state index contributed by atoms with van der Waals surface area (Å²) in [6.45, 7) is 5.26. The Labute approximate surface area is 124 Å². The summed E-state index contributed by atoms with van der Waals surface area (Å²) in [7, 11) is 0. The lowest BCUT2D eigenvalue weighted by molar-refractivity contribution is -0.142. The van der Waals surface area contributed by atoms with E-state index < -0.39 is 12.0 Å². The van der Waals surface area contributed by atoms with Gasteiger partial charge in [-0.3, -0.25) is 0 Å². The lowest BCUT2D eigenvalue weighted by atomic mass is 9.94. The van der Waals surface area contributed by atoms with E-state index in [-0.39, 0.29) is 16.7 Å². The molecule has 3 atom stereocenters. The molecule has 2 N–H and O–H groups in total. The van der Waals surface area contributed by atoms with Crippen LogP contribution in [0.25, 0.3) is 0 Å². The number of likely N-dealkylation sites (tertiary alicyclic amines) is 1. The summed E-state index contributed by atoms with van der Waals surface area (Å²) in [4.78, 5) is 25.3. The molecule has 1 heterocycles. The third kappa shape index (κ3) is 3.05. The average Bonchev–Trinajstić information content (AvgIpc) is 2.95. The van der Waals surface area contributed by atoms with Gasteiger partial charge in [0.05, 0.1) is 0 Å². The minimum atomic E-state index is -0.862. The zero-order valence-electron chi connectivity index (χ0n) is 12.4. The Kier molecular flexibility index (Phi) is 4.52. The zero-order chi connectivity index (χ0) is 14.9. The van der Waals surface area contributed by atoms with Crippen molar-refractivity contribution in [1.29, 1.82) is 0 Å². The van der Waals surface area contributed by atoms with Crippen LogP contribution in [-0.2, 0) is 4.79 Å². The number of amides is 2. The van der Waals surface area contributed by atoms with Crippen LogP contribution in [-0.4, -0.2) is 52.1 Å². The molecule has 0 spiro atoms. The van der Waals surface area contributed by atoms with Gasteiger partial charge in [0, 0.05) is 17.8 Å². The smallest absolute Gasteiger partial charge is 0.326 e. The van der Waals surface area contributed by atoms with Gasteiger partial charge in [0.15, 0.2) is 0 Å². The van der Waals surface area contributed by atoms with Crippen molar-refractivity contribution in [2.75, 3.05) is 19.3 Å². The van der Waals surface area contributed by atoms with Gasteiger partial charge in [-0.25, -0.2) is 9.59 Å². The first-order valence-corrected chi connectivity index (χ1v) is 8.40. The Morgan fingerprint density at radius 2 is 2.10 bits per heavy atom. The SMILES string of the molecule is CSC(C)(C)CNC(=O)N1CC2CCCC2C1C(=O)O. The normalized spacial score (nSPS) is 29.4. The molecule has 1 saturated carbocycles. The highest BCUT2D eigenvalue weighted by Crippen LogP contribution is 2.42. The van der Waals surface area contributed by atoms with Crippen LogP contribution in [0, 0.1) is 11.8 Å². The first-order valence-electron chi connectivity index (χ1n) is 7.18. The molecule has 5 nitrogen and oxygen atoms in total. The lowest BCUT2D eigenvalue weighted by Crippen LogP contribution is -2.50. The van der Waals surface area contributed by atoms with Crippen molar-refractivity contribution < 1.29 is 14.7 Å². The van der Waals surface area contributed by atoms with Crippen molar-refractivity contribution in [3.05, 3.63) is 0 Å². The van der Waals surface area contributed by atoms with E-state index in [0.717, 1.165) is 19.3 Å². The molecular weight excluding hydrogens is 276 g/mol. The van der Waals surface area contributed by atoms with E-state index in [9.17, 15) is 14.7 Å². The van der Waals surface area contributed by atoms with E-state index >= 15 is 0 Å². The molecule has 0 aromatic rings. The van der Waals surface area contributed by atoms with Gasteiger partial charge in [-0.1, -0.05) is 6.42 Å². The van der Waals surface area contributed by atoms with E-state index in [1.165, 1.54) is 4.90 Å². The highest BCUT2D eigenvalue weighted by molar-refractivity contribution is 7.99. The Balaban J connectivity index is 2.00. The van der Waals surface area contributed by atoms with Crippen LogP contribution in [0.15, 0.2) is 0 Å². The molecule has 0 aromatic carbocycles. The van der Waals surface area contributed by atoms with E-state index in [0.29, 0.717) is 19.0 Å². The monoisotopic (exact) mass is 300 g/mol. The average molecular weight is 300 g/mol. The summed E-state index contributed by atoms with van der Waals surface area (Å²) in [5.41, 5.74) is 0. The van der Waals surface area contributed by atoms with Gasteiger partial charge < -0.3 is 15.3 Å². The number of carboxylic acids is 1. The molecule has 0 bridgehead atoms. The Morgan fingerprint density at radius 1 is 1.40 bits per heavy atom. The lowest BCUT2D eigenvalue weighted by Gasteiger charge is -2.28. The number of urea groups is 1. The van der Waals surface area contributed by atoms with Gasteiger partial charge in [0.1, 0.15) is 6.04 Å². The number of fused-ring (bicyclic) bond motifs is 1. The van der Waals surface area contributed by atoms with Crippen LogP contribution in [0.4, 0.5) is 4.79 Å². The van der Waals surface area contributed by atoms with Crippen LogP contribution < -0.4 is 5.32 Å². The predicted octanol–water partition coefficient (Wildman–Crippen LogP) is 2.02. The maximum atomic E-state index is 12.3. The minimum absolute atomic E-state index is 0.0377. The number of aliphatic carboxylic acids is 1. The summed E-state index contributed by atoms with van der Waals surface area (Å²) >= 11 is 1.69. The Morgan fingerprint density at radius 3 is 2.70 bits per heavy atom. The second-order valence-corrected chi connectivity index (χ2v) is 7.93. The van der Waals surface area contributed by atoms with E-state index in [4.69, 9.17) is 0 Å². The van der Waals surface area contributed by atoms with Gasteiger partial charge in [-0.05, 0) is 44.8 Å². The topological polar surface area (TPSA) is 69.6 Å². The number of thioether (sulfide) groups is 1. The molecule has 2 rings (SSSR count). The van der Waals surface area contributed by atoms with E-state index in [1.807, 2.05) is 6.26 Å². The van der Waals surface area contributed by atoms with Gasteiger partial charge in [-0.15, -0.1) is 0 Å². The highest BCUT2D eigenvalue weighted by atomic mass is 32.2. The van der Waals surface area contributed by atoms with Gasteiger partial charge in [-0.2, -0.15) is 11.8 Å². The highest BCUT2D eigenvalue weighted by Gasteiger charge is 2.49. The van der Waals surface area contributed by atoms with Crippen molar-refractivity contribution in [1.82, 2.24) is 10.2 Å². The number of carbonyl (C=O) groups is 2. The molecule has 2 aliphatic rings. The quantitative estimate of drug-likeness (QED) is 0.833. The molecule has 114 valence electrons. The zero-order valence-corrected chi connectivity index (χ0v) is 13.2. The first-order chi connectivity index (χ1) is 9.35. The summed E-state index contributed by atoms with van der Waals surface area (Å²) < 4.78 is -0.0377. The van der Waals surface area contributed by atoms with Crippen LogP contribution in [0.2, 0.25) is 0 Å². The number of carbonyl (C=O) groups excluding carboxylic acids is 1. The first kappa shape index (κ1) is 15.5. The maximum absolute atomic E-state index is 12.3. The molecule has 0 aromatic heterocycles. The van der Waals surface area contributed by atoms with Gasteiger partial charge in [0.2, 0.25) is 0 Å². The molecule has 1 aliphatic heterocycles. The fourth-order valence-corrected chi connectivity index (χ4v) is 3.51. The standard InChI is InChI=1S/C14H24N2O3S/c1-14(2,20-3)8-15-13(19)16-7-9-5-4-6-10(9)11(16)12(17)18/h9-11H,4-8H2,1-3H3,(H,15,19)(H,17,18). The fourth-order valence-electron chi connectivity index (χ4n) is 3.29. The number of nitrogens with zero attached hydrogens (tertiary/aromatic N) is 1. The molecule has 1 aliphatic carbocycles. The number of hydrogen-bond acceptors (Lipinski definition) is 3. The fraction of sp³-hybridized carbons (Fsp3) is 0.857. The molecule has 2 fully saturated rings. The van der Waals surface area contributed by atoms with Crippen LogP contribution in [0.3, 0.4) is 0 Å². The number of hydrogen-bond donors (Lipinski definition) is 2. The summed E-state index contributed by atoms with van der Waals surface area (Å²) in [6, 6.07) is -0.867. The van der Waals surface area contributed by atoms with Crippen molar-refractivity contribution >= 4 is 23.8 Å². The Hall–Kier alpha value is -0.910. The molecule has 6 heteroatoms. The largest absolute Gasteiger partial charge is 0.480 e. The van der Waals surface area contributed by atoms with Crippen LogP contribution in [0.1, 0.15) is 33.1 Å². The molecule has 3 unspecified atom stereocenters. The van der Waals surface area contributed by atoms with Crippen molar-refractivity contribution in [2.24, 2.45) is 11.8 Å². The van der Waals surface area contributed by atoms with Crippen molar-refractivity contribution in [3.63, 3.8) is 0 Å². The summed E-state index contributed by atoms with van der Waals surface area (Å²) in [5, 5.41) is 12.3. The maximum Gasteiger partial charge on any atom is 0.326 e. The molecule has 20 heavy (non-hydrogen) atoms. The van der Waals surface area contributed by atoms with E-state index in [1.54, 1.807) is 11.8 Å². The third-order valence-corrected chi connectivity index (χ3v) is 5.87. The summed E-state index contributed by atoms with van der Waals surface area (Å²) in [6.07, 6.45) is 5.08. The molecule has 2 amide bonds. The number of rotatable bonds is 4. The summed E-state index contributed by atoms with van der Waals surface area (Å²) in [5.74, 6) is -0.346. The van der Waals surface area contributed by atoms with Gasteiger partial charge in [0.25, 0.3) is 0 Å². The second-order valence-electron chi connectivity index (χ2n) is 6.41. The van der Waals surface area contributed by atoms with Gasteiger partial charge >= 0.3 is 12.0 Å². The second kappa shape index (κ2) is 5.84. The van der Waals surface area contributed by atoms with Crippen LogP contribution in [0.5, 0.6) is 0 Å².